The number of halogens is 2. The molecular formula is C13H18ClFN4O2. The normalized spacial score (nSPS) is 18.6. The molecule has 116 valence electrons. The highest BCUT2D eigenvalue weighted by Gasteiger charge is 2.33. The first-order valence-electron chi connectivity index (χ1n) is 6.62. The molecule has 0 saturated carbocycles. The number of nitrogens with one attached hydrogen (secondary N) is 1. The summed E-state index contributed by atoms with van der Waals surface area (Å²) in [5.41, 5.74) is 11.8. The Balaban J connectivity index is 2.42. The van der Waals surface area contributed by atoms with Crippen LogP contribution in [-0.4, -0.2) is 38.3 Å². The molecule has 0 spiro atoms. The van der Waals surface area contributed by atoms with E-state index < -0.39 is 11.9 Å². The van der Waals surface area contributed by atoms with E-state index in [1.54, 1.807) is 11.8 Å². The highest BCUT2D eigenvalue weighted by atomic mass is 35.5. The number of amides is 1. The third-order valence-electron chi connectivity index (χ3n) is 3.31. The molecule has 1 atom stereocenters. The standard InChI is InChI=1S/C13H18ClFN4O2/c1-2-18-13(20)9-6-21-4-3-19(9)12-8(17)5-7(16)10(14)11(12)15/h5,9H,2-4,6,16-17H2,1H3,(H,18,20). The molecule has 6 nitrogen and oxygen atoms in total. The summed E-state index contributed by atoms with van der Waals surface area (Å²) in [4.78, 5) is 13.7. The van der Waals surface area contributed by atoms with E-state index in [2.05, 4.69) is 5.32 Å². The molecule has 21 heavy (non-hydrogen) atoms. The molecule has 1 aromatic carbocycles. The van der Waals surface area contributed by atoms with E-state index in [9.17, 15) is 9.18 Å². The minimum Gasteiger partial charge on any atom is -0.397 e. The van der Waals surface area contributed by atoms with Crippen LogP contribution in [0.2, 0.25) is 5.02 Å². The van der Waals surface area contributed by atoms with E-state index in [-0.39, 0.29) is 34.6 Å². The van der Waals surface area contributed by atoms with Crippen molar-refractivity contribution in [3.8, 4) is 0 Å². The number of hydrogen-bond acceptors (Lipinski definition) is 5. The van der Waals surface area contributed by atoms with E-state index in [0.29, 0.717) is 19.7 Å². The predicted molar refractivity (Wildman–Crippen MR) is 80.9 cm³/mol. The summed E-state index contributed by atoms with van der Waals surface area (Å²) >= 11 is 5.85. The van der Waals surface area contributed by atoms with Crippen LogP contribution in [0.1, 0.15) is 6.92 Å². The number of anilines is 3. The molecule has 1 fully saturated rings. The number of hydrogen-bond donors (Lipinski definition) is 3. The van der Waals surface area contributed by atoms with E-state index >= 15 is 0 Å². The van der Waals surface area contributed by atoms with Crippen LogP contribution in [-0.2, 0) is 9.53 Å². The first-order valence-corrected chi connectivity index (χ1v) is 7.00. The molecule has 1 amide bonds. The topological polar surface area (TPSA) is 93.6 Å². The van der Waals surface area contributed by atoms with Gasteiger partial charge in [0.25, 0.3) is 0 Å². The minimum atomic E-state index is -0.717. The molecule has 0 aliphatic carbocycles. The number of benzene rings is 1. The van der Waals surface area contributed by atoms with Crippen molar-refractivity contribution in [2.45, 2.75) is 13.0 Å². The number of nitrogen functional groups attached to an aromatic ring is 2. The van der Waals surface area contributed by atoms with Crippen LogP contribution in [0, 0.1) is 5.82 Å². The summed E-state index contributed by atoms with van der Waals surface area (Å²) in [5, 5.41) is 2.50. The molecule has 0 aromatic heterocycles. The fraction of sp³-hybridized carbons (Fsp3) is 0.462. The van der Waals surface area contributed by atoms with E-state index in [0.717, 1.165) is 0 Å². The maximum absolute atomic E-state index is 14.4. The molecule has 0 radical (unpaired) electrons. The number of morpholine rings is 1. The van der Waals surface area contributed by atoms with Crippen molar-refractivity contribution < 1.29 is 13.9 Å². The highest BCUT2D eigenvalue weighted by molar-refractivity contribution is 6.33. The molecule has 1 aliphatic heterocycles. The minimum absolute atomic E-state index is 0.0678. The van der Waals surface area contributed by atoms with Crippen LogP contribution in [0.3, 0.4) is 0 Å². The maximum atomic E-state index is 14.4. The number of likely N-dealkylation sites (N-methyl/N-ethyl adjacent to an activating group) is 1. The average Bonchev–Trinajstić information content (AvgIpc) is 2.46. The number of carbonyl (C=O) groups is 1. The molecule has 1 aromatic rings. The fourth-order valence-corrected chi connectivity index (χ4v) is 2.47. The van der Waals surface area contributed by atoms with Crippen molar-refractivity contribution >= 4 is 34.6 Å². The summed E-state index contributed by atoms with van der Waals surface area (Å²) in [5.74, 6) is -0.964. The van der Waals surface area contributed by atoms with Crippen molar-refractivity contribution in [1.82, 2.24) is 5.32 Å². The van der Waals surface area contributed by atoms with Gasteiger partial charge in [-0.05, 0) is 13.0 Å². The Labute approximate surface area is 127 Å². The third kappa shape index (κ3) is 2.98. The summed E-state index contributed by atoms with van der Waals surface area (Å²) in [7, 11) is 0. The van der Waals surface area contributed by atoms with Gasteiger partial charge in [0, 0.05) is 13.1 Å². The molecule has 1 saturated heterocycles. The molecule has 8 heteroatoms. The molecule has 5 N–H and O–H groups in total. The second kappa shape index (κ2) is 6.36. The van der Waals surface area contributed by atoms with Gasteiger partial charge < -0.3 is 26.4 Å². The Morgan fingerprint density at radius 2 is 2.29 bits per heavy atom. The van der Waals surface area contributed by atoms with E-state index in [1.807, 2.05) is 0 Å². The number of nitrogens with two attached hydrogens (primary N) is 2. The SMILES string of the molecule is CCNC(=O)C1COCCN1c1c(N)cc(N)c(Cl)c1F. The summed E-state index contributed by atoms with van der Waals surface area (Å²) < 4.78 is 19.7. The Hall–Kier alpha value is -1.73. The number of rotatable bonds is 3. The molecule has 1 heterocycles. The van der Waals surface area contributed by atoms with Crippen molar-refractivity contribution in [1.29, 1.82) is 0 Å². The zero-order chi connectivity index (χ0) is 15.6. The number of ether oxygens (including phenoxy) is 1. The molecule has 0 bridgehead atoms. The Kier molecular flexibility index (Phi) is 4.74. The van der Waals surface area contributed by atoms with Crippen molar-refractivity contribution in [2.75, 3.05) is 42.7 Å². The fourth-order valence-electron chi connectivity index (χ4n) is 2.33. The van der Waals surface area contributed by atoms with Crippen molar-refractivity contribution in [3.05, 3.63) is 16.9 Å². The third-order valence-corrected chi connectivity index (χ3v) is 3.69. The van der Waals surface area contributed by atoms with Gasteiger partial charge in [-0.15, -0.1) is 0 Å². The van der Waals surface area contributed by atoms with Crippen LogP contribution in [0.25, 0.3) is 0 Å². The first kappa shape index (κ1) is 15.7. The van der Waals surface area contributed by atoms with Crippen LogP contribution < -0.4 is 21.7 Å². The average molecular weight is 317 g/mol. The Morgan fingerprint density at radius 1 is 1.57 bits per heavy atom. The van der Waals surface area contributed by atoms with Gasteiger partial charge in [-0.1, -0.05) is 11.6 Å². The van der Waals surface area contributed by atoms with Gasteiger partial charge in [0.15, 0.2) is 5.82 Å². The maximum Gasteiger partial charge on any atom is 0.245 e. The quantitative estimate of drug-likeness (QED) is 0.723. The van der Waals surface area contributed by atoms with Crippen molar-refractivity contribution in [2.24, 2.45) is 0 Å². The highest BCUT2D eigenvalue weighted by Crippen LogP contribution is 2.37. The van der Waals surface area contributed by atoms with Crippen LogP contribution in [0.15, 0.2) is 6.07 Å². The van der Waals surface area contributed by atoms with Gasteiger partial charge in [0.05, 0.1) is 30.3 Å². The molecule has 1 unspecified atom stereocenters. The van der Waals surface area contributed by atoms with E-state index in [4.69, 9.17) is 27.8 Å². The number of nitrogens with zero attached hydrogens (tertiary/aromatic N) is 1. The van der Waals surface area contributed by atoms with Crippen LogP contribution in [0.4, 0.5) is 21.5 Å². The van der Waals surface area contributed by atoms with Gasteiger partial charge >= 0.3 is 0 Å². The largest absolute Gasteiger partial charge is 0.397 e. The lowest BCUT2D eigenvalue weighted by molar-refractivity contribution is -0.124. The lowest BCUT2D eigenvalue weighted by Crippen LogP contribution is -2.54. The van der Waals surface area contributed by atoms with Gasteiger partial charge in [0.2, 0.25) is 5.91 Å². The van der Waals surface area contributed by atoms with Crippen LogP contribution >= 0.6 is 11.6 Å². The van der Waals surface area contributed by atoms with Gasteiger partial charge in [-0.2, -0.15) is 0 Å². The smallest absolute Gasteiger partial charge is 0.245 e. The summed E-state index contributed by atoms with van der Waals surface area (Å²) in [6, 6.07) is 0.737. The monoisotopic (exact) mass is 316 g/mol. The summed E-state index contributed by atoms with van der Waals surface area (Å²) in [6.45, 7) is 3.15. The van der Waals surface area contributed by atoms with Crippen molar-refractivity contribution in [3.63, 3.8) is 0 Å². The zero-order valence-corrected chi connectivity index (χ0v) is 12.4. The zero-order valence-electron chi connectivity index (χ0n) is 11.7. The second-order valence-corrected chi connectivity index (χ2v) is 5.09. The molecular weight excluding hydrogens is 299 g/mol. The van der Waals surface area contributed by atoms with E-state index in [1.165, 1.54) is 6.07 Å². The lowest BCUT2D eigenvalue weighted by atomic mass is 10.1. The predicted octanol–water partition coefficient (Wildman–Crippen LogP) is 0.985. The van der Waals surface area contributed by atoms with Crippen LogP contribution in [0.5, 0.6) is 0 Å². The second-order valence-electron chi connectivity index (χ2n) is 4.71. The lowest BCUT2D eigenvalue weighted by Gasteiger charge is -2.37. The summed E-state index contributed by atoms with van der Waals surface area (Å²) in [6.07, 6.45) is 0. The Bertz CT molecular complexity index is 555. The van der Waals surface area contributed by atoms with Gasteiger partial charge in [-0.25, -0.2) is 4.39 Å². The Morgan fingerprint density at radius 3 is 2.95 bits per heavy atom. The molecule has 1 aliphatic rings. The number of carbonyl (C=O) groups excluding carboxylic acids is 1. The first-order chi connectivity index (χ1) is 9.97. The molecule has 2 rings (SSSR count). The van der Waals surface area contributed by atoms with Gasteiger partial charge in [0.1, 0.15) is 11.1 Å². The van der Waals surface area contributed by atoms with Gasteiger partial charge in [-0.3, -0.25) is 4.79 Å².